The van der Waals surface area contributed by atoms with Crippen LogP contribution in [0, 0.1) is 11.3 Å². The molecule has 0 bridgehead atoms. The van der Waals surface area contributed by atoms with E-state index >= 15 is 0 Å². The lowest BCUT2D eigenvalue weighted by atomic mass is 9.89. The molecule has 4 nitrogen and oxygen atoms in total. The van der Waals surface area contributed by atoms with E-state index < -0.39 is 17.6 Å². The molecule has 1 aromatic rings. The van der Waals surface area contributed by atoms with Gasteiger partial charge in [-0.1, -0.05) is 30.3 Å². The van der Waals surface area contributed by atoms with Crippen LogP contribution in [0.4, 0.5) is 0 Å². The van der Waals surface area contributed by atoms with E-state index in [0.717, 1.165) is 5.56 Å². The van der Waals surface area contributed by atoms with Crippen molar-refractivity contribution in [3.05, 3.63) is 35.9 Å². The SMILES string of the molecule is CC(=N)C1C(=O)C(=O)N(C)[C@@H]1c1ccccc1. The number of ketones is 1. The lowest BCUT2D eigenvalue weighted by Gasteiger charge is -2.23. The van der Waals surface area contributed by atoms with Gasteiger partial charge >= 0.3 is 0 Å². The van der Waals surface area contributed by atoms with Gasteiger partial charge in [0.1, 0.15) is 0 Å². The molecule has 1 aromatic carbocycles. The first-order valence-corrected chi connectivity index (χ1v) is 5.45. The number of amides is 1. The smallest absolute Gasteiger partial charge is 0.291 e. The maximum Gasteiger partial charge on any atom is 0.291 e. The lowest BCUT2D eigenvalue weighted by molar-refractivity contribution is -0.140. The minimum absolute atomic E-state index is 0.238. The Kier molecular flexibility index (Phi) is 2.79. The zero-order valence-electron chi connectivity index (χ0n) is 9.81. The van der Waals surface area contributed by atoms with Crippen LogP contribution in [-0.4, -0.2) is 29.3 Å². The van der Waals surface area contributed by atoms with Crippen LogP contribution in [-0.2, 0) is 9.59 Å². The number of Topliss-reactive ketones (excluding diaryl/α,β-unsaturated/α-hetero) is 1. The fraction of sp³-hybridized carbons (Fsp3) is 0.308. The van der Waals surface area contributed by atoms with Crippen LogP contribution in [0.15, 0.2) is 30.3 Å². The van der Waals surface area contributed by atoms with Gasteiger partial charge in [-0.3, -0.25) is 9.59 Å². The second-order valence-corrected chi connectivity index (χ2v) is 4.30. The van der Waals surface area contributed by atoms with Crippen molar-refractivity contribution in [1.29, 1.82) is 5.41 Å². The predicted octanol–water partition coefficient (Wildman–Crippen LogP) is 1.42. The van der Waals surface area contributed by atoms with Gasteiger partial charge in [0.25, 0.3) is 5.91 Å². The number of hydrogen-bond donors (Lipinski definition) is 1. The minimum Gasteiger partial charge on any atom is -0.331 e. The molecule has 0 aromatic heterocycles. The average Bonchev–Trinajstić information content (AvgIpc) is 2.55. The first-order valence-electron chi connectivity index (χ1n) is 5.45. The topological polar surface area (TPSA) is 61.2 Å². The van der Waals surface area contributed by atoms with Gasteiger partial charge in [0, 0.05) is 12.8 Å². The predicted molar refractivity (Wildman–Crippen MR) is 63.9 cm³/mol. The van der Waals surface area contributed by atoms with Crippen LogP contribution < -0.4 is 0 Å². The summed E-state index contributed by atoms with van der Waals surface area (Å²) in [6.45, 7) is 1.57. The average molecular weight is 230 g/mol. The van der Waals surface area contributed by atoms with Crippen molar-refractivity contribution >= 4 is 17.4 Å². The van der Waals surface area contributed by atoms with Crippen LogP contribution in [0.1, 0.15) is 18.5 Å². The van der Waals surface area contributed by atoms with Crippen molar-refractivity contribution in [2.45, 2.75) is 13.0 Å². The number of benzene rings is 1. The molecule has 1 N–H and O–H groups in total. The second kappa shape index (κ2) is 4.13. The fourth-order valence-electron chi connectivity index (χ4n) is 2.30. The van der Waals surface area contributed by atoms with Gasteiger partial charge in [-0.2, -0.15) is 0 Å². The monoisotopic (exact) mass is 230 g/mol. The number of likely N-dealkylation sites (tertiary alicyclic amines) is 1. The number of likely N-dealkylation sites (N-methyl/N-ethyl adjacent to an activating group) is 1. The Labute approximate surface area is 99.7 Å². The van der Waals surface area contributed by atoms with Gasteiger partial charge in [-0.25, -0.2) is 0 Å². The van der Waals surface area contributed by atoms with Gasteiger partial charge in [0.05, 0.1) is 12.0 Å². The van der Waals surface area contributed by atoms with Crippen molar-refractivity contribution in [2.75, 3.05) is 7.05 Å². The molecule has 1 saturated heterocycles. The van der Waals surface area contributed by atoms with Gasteiger partial charge in [0.2, 0.25) is 5.78 Å². The highest BCUT2D eigenvalue weighted by Gasteiger charge is 2.47. The number of rotatable bonds is 2. The Morgan fingerprint density at radius 1 is 1.24 bits per heavy atom. The van der Waals surface area contributed by atoms with E-state index in [9.17, 15) is 9.59 Å². The third-order valence-electron chi connectivity index (χ3n) is 3.15. The summed E-state index contributed by atoms with van der Waals surface area (Å²) in [6, 6.07) is 9.04. The van der Waals surface area contributed by atoms with E-state index in [1.54, 1.807) is 14.0 Å². The molecule has 4 heteroatoms. The van der Waals surface area contributed by atoms with Crippen LogP contribution in [0.2, 0.25) is 0 Å². The van der Waals surface area contributed by atoms with E-state index in [-0.39, 0.29) is 11.8 Å². The third-order valence-corrected chi connectivity index (χ3v) is 3.15. The molecule has 88 valence electrons. The molecule has 0 radical (unpaired) electrons. The Balaban J connectivity index is 2.47. The Morgan fingerprint density at radius 2 is 1.82 bits per heavy atom. The molecule has 2 atom stereocenters. The van der Waals surface area contributed by atoms with Crippen molar-refractivity contribution in [3.63, 3.8) is 0 Å². The van der Waals surface area contributed by atoms with Crippen LogP contribution in [0.5, 0.6) is 0 Å². The highest BCUT2D eigenvalue weighted by molar-refractivity contribution is 6.43. The molecule has 2 rings (SSSR count). The molecule has 1 aliphatic rings. The summed E-state index contributed by atoms with van der Waals surface area (Å²) < 4.78 is 0. The Bertz CT molecular complexity index is 481. The van der Waals surface area contributed by atoms with E-state index in [4.69, 9.17) is 5.41 Å². The maximum atomic E-state index is 11.8. The molecule has 1 aliphatic heterocycles. The molecule has 1 fully saturated rings. The third kappa shape index (κ3) is 1.75. The molecule has 17 heavy (non-hydrogen) atoms. The zero-order valence-corrected chi connectivity index (χ0v) is 9.81. The number of nitrogens with one attached hydrogen (secondary N) is 1. The largest absolute Gasteiger partial charge is 0.331 e. The zero-order chi connectivity index (χ0) is 12.6. The first-order chi connectivity index (χ1) is 8.04. The van der Waals surface area contributed by atoms with Crippen molar-refractivity contribution in [1.82, 2.24) is 4.90 Å². The molecular formula is C13H14N2O2. The molecule has 0 aliphatic carbocycles. The minimum atomic E-state index is -0.644. The van der Waals surface area contributed by atoms with Crippen molar-refractivity contribution < 1.29 is 9.59 Å². The molecule has 0 saturated carbocycles. The lowest BCUT2D eigenvalue weighted by Crippen LogP contribution is -2.26. The number of hydrogen-bond acceptors (Lipinski definition) is 3. The quantitative estimate of drug-likeness (QED) is 0.617. The normalized spacial score (nSPS) is 24.2. The molecule has 1 amide bonds. The second-order valence-electron chi connectivity index (χ2n) is 4.30. The Morgan fingerprint density at radius 3 is 2.35 bits per heavy atom. The van der Waals surface area contributed by atoms with Crippen molar-refractivity contribution in [2.24, 2.45) is 5.92 Å². The summed E-state index contributed by atoms with van der Waals surface area (Å²) in [5, 5.41) is 7.68. The molecular weight excluding hydrogens is 216 g/mol. The summed E-state index contributed by atoms with van der Waals surface area (Å²) in [5.41, 5.74) is 1.13. The van der Waals surface area contributed by atoms with Crippen molar-refractivity contribution in [3.8, 4) is 0 Å². The van der Waals surface area contributed by atoms with Gasteiger partial charge in [-0.15, -0.1) is 0 Å². The van der Waals surface area contributed by atoms with Gasteiger partial charge in [-0.05, 0) is 12.5 Å². The van der Waals surface area contributed by atoms with Crippen LogP contribution in [0.25, 0.3) is 0 Å². The summed E-state index contributed by atoms with van der Waals surface area (Å²) >= 11 is 0. The Hall–Kier alpha value is -1.97. The summed E-state index contributed by atoms with van der Waals surface area (Å²) in [7, 11) is 1.61. The highest BCUT2D eigenvalue weighted by Crippen LogP contribution is 2.35. The molecule has 0 spiro atoms. The fourth-order valence-corrected chi connectivity index (χ4v) is 2.30. The van der Waals surface area contributed by atoms with E-state index in [1.165, 1.54) is 4.90 Å². The van der Waals surface area contributed by atoms with Crippen LogP contribution >= 0.6 is 0 Å². The highest BCUT2D eigenvalue weighted by atomic mass is 16.2. The first kappa shape index (κ1) is 11.5. The van der Waals surface area contributed by atoms with Gasteiger partial charge < -0.3 is 10.3 Å². The van der Waals surface area contributed by atoms with E-state index in [2.05, 4.69) is 0 Å². The van der Waals surface area contributed by atoms with E-state index in [0.29, 0.717) is 0 Å². The summed E-state index contributed by atoms with van der Waals surface area (Å²) in [4.78, 5) is 24.9. The maximum absolute atomic E-state index is 11.8. The number of carbonyl (C=O) groups excluding carboxylic acids is 2. The van der Waals surface area contributed by atoms with Gasteiger partial charge in [0.15, 0.2) is 0 Å². The summed E-state index contributed by atoms with van der Waals surface area (Å²) in [6.07, 6.45) is 0. The van der Waals surface area contributed by atoms with Crippen LogP contribution in [0.3, 0.4) is 0 Å². The van der Waals surface area contributed by atoms with E-state index in [1.807, 2.05) is 30.3 Å². The molecule has 1 unspecified atom stereocenters. The molecule has 1 heterocycles. The summed E-state index contributed by atoms with van der Waals surface area (Å²) in [5.74, 6) is -1.63. The number of carbonyl (C=O) groups is 2. The standard InChI is InChI=1S/C13H14N2O2/c1-8(14)10-11(9-6-4-3-5-7-9)15(2)13(17)12(10)16/h3-7,10-11,14H,1-2H3/t10?,11-/m1/s1. The number of nitrogens with zero attached hydrogens (tertiary/aromatic N) is 1.